The molecule has 2 N–H and O–H groups in total. The van der Waals surface area contributed by atoms with Crippen molar-refractivity contribution in [3.63, 3.8) is 0 Å². The fourth-order valence-corrected chi connectivity index (χ4v) is 3.39. The maximum Gasteiger partial charge on any atom is 0.253 e. The highest BCUT2D eigenvalue weighted by atomic mass is 35.5. The second kappa shape index (κ2) is 8.41. The quantitative estimate of drug-likeness (QED) is 0.785. The Morgan fingerprint density at radius 1 is 1.19 bits per heavy atom. The third kappa shape index (κ3) is 4.47. The molecule has 1 saturated carbocycles. The normalized spacial score (nSPS) is 14.7. The van der Waals surface area contributed by atoms with Gasteiger partial charge >= 0.3 is 0 Å². The van der Waals surface area contributed by atoms with Gasteiger partial charge in [-0.15, -0.1) is 0 Å². The van der Waals surface area contributed by atoms with Crippen LogP contribution in [0.25, 0.3) is 0 Å². The van der Waals surface area contributed by atoms with Gasteiger partial charge in [0.05, 0.1) is 30.2 Å². The summed E-state index contributed by atoms with van der Waals surface area (Å²) >= 11 is 6.15. The molecule has 1 fully saturated rings. The Kier molecular flexibility index (Phi) is 5.99. The van der Waals surface area contributed by atoms with Gasteiger partial charge in [0.2, 0.25) is 0 Å². The lowest BCUT2D eigenvalue weighted by atomic mass is 9.95. The molecule has 5 nitrogen and oxygen atoms in total. The number of carbonyl (C=O) groups is 1. The predicted octanol–water partition coefficient (Wildman–Crippen LogP) is 4.86. The van der Waals surface area contributed by atoms with Crippen LogP contribution in [-0.2, 0) is 0 Å². The first-order chi connectivity index (χ1) is 12.6. The summed E-state index contributed by atoms with van der Waals surface area (Å²) in [4.78, 5) is 16.7. The molecule has 138 valence electrons. The van der Waals surface area contributed by atoms with E-state index in [0.29, 0.717) is 16.3 Å². The Morgan fingerprint density at radius 3 is 2.69 bits per heavy atom. The van der Waals surface area contributed by atoms with Gasteiger partial charge < -0.3 is 15.4 Å². The Hall–Kier alpha value is -2.27. The molecule has 0 saturated heterocycles. The average molecular weight is 374 g/mol. The minimum absolute atomic E-state index is 0.0766. The molecule has 1 aromatic heterocycles. The molecule has 0 atom stereocenters. The number of nitrogens with one attached hydrogen (secondary N) is 2. The smallest absolute Gasteiger partial charge is 0.253 e. The average Bonchev–Trinajstić information content (AvgIpc) is 2.65. The summed E-state index contributed by atoms with van der Waals surface area (Å²) in [6.07, 6.45) is 9.00. The van der Waals surface area contributed by atoms with Crippen LogP contribution < -0.4 is 15.4 Å². The highest BCUT2D eigenvalue weighted by Gasteiger charge is 2.17. The molecule has 1 aliphatic carbocycles. The minimum atomic E-state index is -0.0766. The van der Waals surface area contributed by atoms with Crippen molar-refractivity contribution in [2.24, 2.45) is 0 Å². The van der Waals surface area contributed by atoms with Crippen LogP contribution in [0.5, 0.6) is 5.75 Å². The van der Waals surface area contributed by atoms with E-state index in [9.17, 15) is 4.79 Å². The van der Waals surface area contributed by atoms with Crippen molar-refractivity contribution in [1.82, 2.24) is 10.3 Å². The number of benzene rings is 1. The van der Waals surface area contributed by atoms with E-state index in [2.05, 4.69) is 15.6 Å². The van der Waals surface area contributed by atoms with Gasteiger partial charge in [-0.05, 0) is 37.5 Å². The summed E-state index contributed by atoms with van der Waals surface area (Å²) in [6, 6.07) is 5.75. The summed E-state index contributed by atoms with van der Waals surface area (Å²) in [6.45, 7) is 1.93. The molecule has 26 heavy (non-hydrogen) atoms. The van der Waals surface area contributed by atoms with Crippen LogP contribution in [0.3, 0.4) is 0 Å². The van der Waals surface area contributed by atoms with Crippen LogP contribution in [0.2, 0.25) is 5.02 Å². The number of carbonyl (C=O) groups excluding carboxylic acids is 1. The van der Waals surface area contributed by atoms with Crippen molar-refractivity contribution >= 4 is 28.9 Å². The molecule has 0 bridgehead atoms. The van der Waals surface area contributed by atoms with Gasteiger partial charge in [-0.25, -0.2) is 0 Å². The number of pyridine rings is 1. The Labute approximate surface area is 159 Å². The summed E-state index contributed by atoms with van der Waals surface area (Å²) in [5.74, 6) is 0.560. The van der Waals surface area contributed by atoms with Crippen LogP contribution in [-0.4, -0.2) is 24.0 Å². The first-order valence-corrected chi connectivity index (χ1v) is 9.31. The number of hydrogen-bond acceptors (Lipinski definition) is 4. The van der Waals surface area contributed by atoms with Crippen molar-refractivity contribution in [2.45, 2.75) is 45.1 Å². The van der Waals surface area contributed by atoms with Crippen molar-refractivity contribution < 1.29 is 9.53 Å². The van der Waals surface area contributed by atoms with E-state index in [0.717, 1.165) is 29.8 Å². The molecular weight excluding hydrogens is 350 g/mol. The number of halogens is 1. The van der Waals surface area contributed by atoms with Crippen molar-refractivity contribution in [1.29, 1.82) is 0 Å². The fourth-order valence-electron chi connectivity index (χ4n) is 3.23. The summed E-state index contributed by atoms with van der Waals surface area (Å²) < 4.78 is 5.38. The molecule has 1 heterocycles. The Bertz CT molecular complexity index is 789. The van der Waals surface area contributed by atoms with E-state index in [1.165, 1.54) is 19.3 Å². The highest BCUT2D eigenvalue weighted by Crippen LogP contribution is 2.33. The monoisotopic (exact) mass is 373 g/mol. The molecular formula is C20H24ClN3O2. The van der Waals surface area contributed by atoms with Gasteiger partial charge in [-0.1, -0.05) is 30.9 Å². The topological polar surface area (TPSA) is 63.2 Å². The van der Waals surface area contributed by atoms with E-state index in [1.54, 1.807) is 31.6 Å². The van der Waals surface area contributed by atoms with Crippen LogP contribution in [0.4, 0.5) is 11.4 Å². The lowest BCUT2D eigenvalue weighted by Gasteiger charge is -2.22. The number of methoxy groups -OCH3 is 1. The number of rotatable bonds is 5. The molecule has 0 unspecified atom stereocenters. The largest absolute Gasteiger partial charge is 0.495 e. The van der Waals surface area contributed by atoms with E-state index < -0.39 is 0 Å². The standard InChI is InChI=1S/C20H24ClN3O2/c1-13-8-18(19(26-2)10-17(13)21)23-16-9-14(11-22-12-16)20(25)24-15-6-4-3-5-7-15/h8-12,15,23H,3-7H2,1-2H3,(H,24,25). The summed E-state index contributed by atoms with van der Waals surface area (Å²) in [5.41, 5.74) is 2.99. The van der Waals surface area contributed by atoms with Crippen LogP contribution in [0.1, 0.15) is 48.0 Å². The number of aromatic nitrogens is 1. The number of anilines is 2. The zero-order valence-electron chi connectivity index (χ0n) is 15.1. The molecule has 1 aliphatic rings. The van der Waals surface area contributed by atoms with Crippen LogP contribution in [0.15, 0.2) is 30.6 Å². The van der Waals surface area contributed by atoms with Gasteiger partial charge in [-0.3, -0.25) is 9.78 Å². The van der Waals surface area contributed by atoms with Gasteiger partial charge in [0.1, 0.15) is 5.75 Å². The second-order valence-corrected chi connectivity index (χ2v) is 7.10. The van der Waals surface area contributed by atoms with E-state index >= 15 is 0 Å². The third-order valence-electron chi connectivity index (χ3n) is 4.70. The lowest BCUT2D eigenvalue weighted by molar-refractivity contribution is 0.0927. The van der Waals surface area contributed by atoms with Gasteiger partial charge in [0, 0.05) is 23.3 Å². The molecule has 1 aromatic carbocycles. The number of nitrogens with zero attached hydrogens (tertiary/aromatic N) is 1. The predicted molar refractivity (Wildman–Crippen MR) is 105 cm³/mol. The Balaban J connectivity index is 1.75. The zero-order chi connectivity index (χ0) is 18.5. The van der Waals surface area contributed by atoms with Crippen molar-refractivity contribution in [3.05, 3.63) is 46.7 Å². The highest BCUT2D eigenvalue weighted by molar-refractivity contribution is 6.31. The number of amides is 1. The van der Waals surface area contributed by atoms with Crippen molar-refractivity contribution in [3.8, 4) is 5.75 Å². The zero-order valence-corrected chi connectivity index (χ0v) is 15.9. The lowest BCUT2D eigenvalue weighted by Crippen LogP contribution is -2.36. The maximum absolute atomic E-state index is 12.5. The van der Waals surface area contributed by atoms with E-state index in [-0.39, 0.29) is 11.9 Å². The first kappa shape index (κ1) is 18.5. The number of ether oxygens (including phenoxy) is 1. The number of hydrogen-bond donors (Lipinski definition) is 2. The second-order valence-electron chi connectivity index (χ2n) is 6.70. The fraction of sp³-hybridized carbons (Fsp3) is 0.400. The number of aryl methyl sites for hydroxylation is 1. The van der Waals surface area contributed by atoms with Gasteiger partial charge in [-0.2, -0.15) is 0 Å². The summed E-state index contributed by atoms with van der Waals surface area (Å²) in [5, 5.41) is 7.03. The van der Waals surface area contributed by atoms with Crippen molar-refractivity contribution in [2.75, 3.05) is 12.4 Å². The molecule has 0 radical (unpaired) electrons. The molecule has 2 aromatic rings. The summed E-state index contributed by atoms with van der Waals surface area (Å²) in [7, 11) is 1.60. The van der Waals surface area contributed by atoms with Crippen LogP contribution >= 0.6 is 11.6 Å². The molecule has 0 spiro atoms. The minimum Gasteiger partial charge on any atom is -0.495 e. The SMILES string of the molecule is COc1cc(Cl)c(C)cc1Nc1cncc(C(=O)NC2CCCCC2)c1. The van der Waals surface area contributed by atoms with Gasteiger partial charge in [0.15, 0.2) is 0 Å². The molecule has 1 amide bonds. The molecule has 0 aliphatic heterocycles. The third-order valence-corrected chi connectivity index (χ3v) is 5.11. The van der Waals surface area contributed by atoms with E-state index in [1.807, 2.05) is 13.0 Å². The van der Waals surface area contributed by atoms with E-state index in [4.69, 9.17) is 16.3 Å². The first-order valence-electron chi connectivity index (χ1n) is 8.94. The maximum atomic E-state index is 12.5. The Morgan fingerprint density at radius 2 is 1.96 bits per heavy atom. The molecule has 3 rings (SSSR count). The molecule has 6 heteroatoms. The van der Waals surface area contributed by atoms with Gasteiger partial charge in [0.25, 0.3) is 5.91 Å². The van der Waals surface area contributed by atoms with Crippen LogP contribution in [0, 0.1) is 6.92 Å².